The summed E-state index contributed by atoms with van der Waals surface area (Å²) < 4.78 is 61.3. The van der Waals surface area contributed by atoms with Crippen LogP contribution in [-0.4, -0.2) is 42.0 Å². The molecule has 4 rings (SSSR count). The number of carbonyl (C=O) groups excluding carboxylic acids is 2. The fourth-order valence-corrected chi connectivity index (χ4v) is 3.91. The number of nitrogens with zero attached hydrogens (tertiary/aromatic N) is 3. The highest BCUT2D eigenvalue weighted by atomic mass is 19.3. The van der Waals surface area contributed by atoms with Crippen LogP contribution >= 0.6 is 0 Å². The Morgan fingerprint density at radius 3 is 2.53 bits per heavy atom. The third kappa shape index (κ3) is 4.92. The first-order valence-corrected chi connectivity index (χ1v) is 10.7. The van der Waals surface area contributed by atoms with E-state index in [0.29, 0.717) is 11.3 Å². The van der Waals surface area contributed by atoms with Gasteiger partial charge in [0, 0.05) is 29.1 Å². The molecule has 0 radical (unpaired) electrons. The molecule has 1 unspecified atom stereocenters. The fraction of sp³-hybridized carbons (Fsp3) is 0.250. The van der Waals surface area contributed by atoms with Crippen molar-refractivity contribution in [3.8, 4) is 22.9 Å². The van der Waals surface area contributed by atoms with Gasteiger partial charge in [-0.05, 0) is 25.1 Å². The van der Waals surface area contributed by atoms with Gasteiger partial charge in [-0.1, -0.05) is 18.2 Å². The molecule has 1 aliphatic rings. The Labute approximate surface area is 202 Å². The van der Waals surface area contributed by atoms with Gasteiger partial charge in [-0.25, -0.2) is 8.78 Å². The number of alkyl halides is 4. The van der Waals surface area contributed by atoms with E-state index in [1.165, 1.54) is 37.6 Å². The van der Waals surface area contributed by atoms with Crippen LogP contribution in [0.15, 0.2) is 48.7 Å². The van der Waals surface area contributed by atoms with Crippen LogP contribution in [0.1, 0.15) is 30.5 Å². The van der Waals surface area contributed by atoms with E-state index in [1.54, 1.807) is 19.1 Å². The van der Waals surface area contributed by atoms with Crippen LogP contribution in [0.3, 0.4) is 0 Å². The summed E-state index contributed by atoms with van der Waals surface area (Å²) in [5, 5.41) is 2.55. The number of ether oxygens (including phenoxy) is 2. The Hall–Kier alpha value is -4.22. The van der Waals surface area contributed by atoms with Crippen molar-refractivity contribution >= 4 is 23.2 Å². The van der Waals surface area contributed by atoms with E-state index in [9.17, 15) is 27.2 Å². The molecule has 1 atom stereocenters. The molecule has 2 amide bonds. The molecule has 0 saturated heterocycles. The summed E-state index contributed by atoms with van der Waals surface area (Å²) in [6.45, 7) is -2.12. The molecule has 1 aromatic carbocycles. The second-order valence-electron chi connectivity index (χ2n) is 7.80. The van der Waals surface area contributed by atoms with Gasteiger partial charge in [-0.15, -0.1) is 0 Å². The molecule has 188 valence electrons. The van der Waals surface area contributed by atoms with E-state index >= 15 is 0 Å². The Morgan fingerprint density at radius 2 is 1.89 bits per heavy atom. The highest BCUT2D eigenvalue weighted by molar-refractivity contribution is 6.09. The maximum absolute atomic E-state index is 13.5. The lowest BCUT2D eigenvalue weighted by Gasteiger charge is -2.25. The molecule has 0 saturated carbocycles. The lowest BCUT2D eigenvalue weighted by Crippen LogP contribution is -2.40. The Bertz CT molecular complexity index is 1290. The molecule has 1 N–H and O–H groups in total. The van der Waals surface area contributed by atoms with Crippen LogP contribution in [0.2, 0.25) is 0 Å². The molecule has 2 aromatic heterocycles. The summed E-state index contributed by atoms with van der Waals surface area (Å²) in [6, 6.07) is 9.39. The van der Waals surface area contributed by atoms with Gasteiger partial charge in [0.2, 0.25) is 23.6 Å². The van der Waals surface area contributed by atoms with Crippen LogP contribution in [0.4, 0.5) is 28.9 Å². The van der Waals surface area contributed by atoms with Gasteiger partial charge in [-0.2, -0.15) is 13.8 Å². The van der Waals surface area contributed by atoms with E-state index in [0.717, 1.165) is 11.0 Å². The summed E-state index contributed by atoms with van der Waals surface area (Å²) >= 11 is 0. The van der Waals surface area contributed by atoms with Gasteiger partial charge < -0.3 is 19.7 Å². The van der Waals surface area contributed by atoms with Crippen molar-refractivity contribution in [1.82, 2.24) is 9.97 Å². The van der Waals surface area contributed by atoms with Crippen LogP contribution < -0.4 is 19.7 Å². The van der Waals surface area contributed by atoms with Crippen molar-refractivity contribution in [1.29, 1.82) is 0 Å². The topological polar surface area (TPSA) is 93.7 Å². The number of hydrogen-bond acceptors (Lipinski definition) is 6. The molecule has 3 heterocycles. The first-order chi connectivity index (χ1) is 17.2. The highest BCUT2D eigenvalue weighted by Gasteiger charge is 2.36. The number of hydrogen-bond donors (Lipinski definition) is 1. The number of benzene rings is 1. The quantitative estimate of drug-likeness (QED) is 0.466. The van der Waals surface area contributed by atoms with Gasteiger partial charge in [0.15, 0.2) is 0 Å². The Morgan fingerprint density at radius 1 is 1.17 bits per heavy atom. The molecule has 0 aliphatic carbocycles. The zero-order valence-corrected chi connectivity index (χ0v) is 19.0. The number of halogens is 4. The molecule has 0 fully saturated rings. The van der Waals surface area contributed by atoms with E-state index in [1.807, 2.05) is 0 Å². The van der Waals surface area contributed by atoms with Crippen molar-refractivity contribution in [3.63, 3.8) is 0 Å². The standard InChI is InChI=1S/C24H20F4N4O4/c1-12-20-15(4-3-9-29-20)19-16(10-18(36-24(27)28)31-22(19)35-2)32(23(12)34)11-17(33)30-14-7-5-13(6-8-14)21(25)26/h3-10,12,21,24H,11H2,1-2H3,(H,30,33). The molecular formula is C24H20F4N4O4. The van der Waals surface area contributed by atoms with E-state index < -0.39 is 43.2 Å². The average molecular weight is 504 g/mol. The number of carbonyl (C=O) groups is 2. The van der Waals surface area contributed by atoms with Crippen LogP contribution in [0.5, 0.6) is 11.8 Å². The minimum absolute atomic E-state index is 0.0595. The smallest absolute Gasteiger partial charge is 0.388 e. The van der Waals surface area contributed by atoms with Gasteiger partial charge in [0.1, 0.15) is 6.54 Å². The largest absolute Gasteiger partial charge is 0.480 e. The van der Waals surface area contributed by atoms with Crippen molar-refractivity contribution in [3.05, 3.63) is 59.9 Å². The number of aromatic nitrogens is 2. The molecule has 0 spiro atoms. The van der Waals surface area contributed by atoms with E-state index in [-0.39, 0.29) is 28.4 Å². The highest BCUT2D eigenvalue weighted by Crippen LogP contribution is 2.45. The predicted molar refractivity (Wildman–Crippen MR) is 121 cm³/mol. The molecule has 0 bridgehead atoms. The van der Waals surface area contributed by atoms with Gasteiger partial charge >= 0.3 is 6.61 Å². The second kappa shape index (κ2) is 10.2. The predicted octanol–water partition coefficient (Wildman–Crippen LogP) is 4.78. The first kappa shape index (κ1) is 24.9. The van der Waals surface area contributed by atoms with Crippen LogP contribution in [0.25, 0.3) is 11.1 Å². The van der Waals surface area contributed by atoms with Gasteiger partial charge in [-0.3, -0.25) is 14.6 Å². The molecule has 36 heavy (non-hydrogen) atoms. The number of fused-ring (bicyclic) bond motifs is 3. The normalized spacial score (nSPS) is 14.8. The summed E-state index contributed by atoms with van der Waals surface area (Å²) in [7, 11) is 1.28. The Kier molecular flexibility index (Phi) is 7.04. The number of amides is 2. The zero-order chi connectivity index (χ0) is 26.0. The van der Waals surface area contributed by atoms with Crippen molar-refractivity contribution < 1.29 is 36.6 Å². The Balaban J connectivity index is 1.76. The number of nitrogens with one attached hydrogen (secondary N) is 1. The minimum Gasteiger partial charge on any atom is -0.480 e. The molecular weight excluding hydrogens is 484 g/mol. The number of pyridine rings is 2. The summed E-state index contributed by atoms with van der Waals surface area (Å²) in [4.78, 5) is 35.8. The first-order valence-electron chi connectivity index (χ1n) is 10.7. The van der Waals surface area contributed by atoms with E-state index in [4.69, 9.17) is 4.74 Å². The van der Waals surface area contributed by atoms with Crippen molar-refractivity contribution in [2.75, 3.05) is 23.9 Å². The monoisotopic (exact) mass is 504 g/mol. The van der Waals surface area contributed by atoms with E-state index in [2.05, 4.69) is 20.0 Å². The molecule has 8 nitrogen and oxygen atoms in total. The number of rotatable bonds is 7. The van der Waals surface area contributed by atoms with Crippen molar-refractivity contribution in [2.24, 2.45) is 0 Å². The SMILES string of the molecule is COc1nc(OC(F)F)cc2c1-c1cccnc1C(C)C(=O)N2CC(=O)Nc1ccc(C(F)F)cc1. The molecule has 1 aliphatic heterocycles. The number of methoxy groups -OCH3 is 1. The van der Waals surface area contributed by atoms with Crippen LogP contribution in [-0.2, 0) is 9.59 Å². The lowest BCUT2D eigenvalue weighted by atomic mass is 9.98. The summed E-state index contributed by atoms with van der Waals surface area (Å²) in [6.07, 6.45) is -1.16. The molecule has 3 aromatic rings. The molecule has 12 heteroatoms. The van der Waals surface area contributed by atoms with Gasteiger partial charge in [0.05, 0.1) is 30.0 Å². The lowest BCUT2D eigenvalue weighted by molar-refractivity contribution is -0.122. The minimum atomic E-state index is -3.19. The van der Waals surface area contributed by atoms with Gasteiger partial charge in [0.25, 0.3) is 6.43 Å². The maximum atomic E-state index is 13.5. The maximum Gasteiger partial charge on any atom is 0.388 e. The third-order valence-corrected chi connectivity index (χ3v) is 5.54. The van der Waals surface area contributed by atoms with Crippen LogP contribution in [0, 0.1) is 0 Å². The zero-order valence-electron chi connectivity index (χ0n) is 19.0. The fourth-order valence-electron chi connectivity index (χ4n) is 3.91. The average Bonchev–Trinajstić information content (AvgIpc) is 2.93. The summed E-state index contributed by atoms with van der Waals surface area (Å²) in [5.41, 5.74) is 1.22. The summed E-state index contributed by atoms with van der Waals surface area (Å²) in [5.74, 6) is -2.62. The number of anilines is 2. The van der Waals surface area contributed by atoms with Crippen molar-refractivity contribution in [2.45, 2.75) is 25.9 Å². The third-order valence-electron chi connectivity index (χ3n) is 5.54. The second-order valence-corrected chi connectivity index (χ2v) is 7.80.